The maximum absolute atomic E-state index is 10.0. The molecule has 0 aromatic carbocycles. The zero-order valence-corrected chi connectivity index (χ0v) is 32.7. The van der Waals surface area contributed by atoms with Gasteiger partial charge in [0.1, 0.15) is 0 Å². The molecule has 5 heterocycles. The van der Waals surface area contributed by atoms with Crippen molar-refractivity contribution >= 4 is 50.1 Å². The van der Waals surface area contributed by atoms with Crippen LogP contribution in [-0.2, 0) is 30.5 Å². The van der Waals surface area contributed by atoms with E-state index >= 15 is 0 Å². The number of carbonyl (C=O) groups is 1. The van der Waals surface area contributed by atoms with E-state index in [9.17, 15) is 4.79 Å². The predicted octanol–water partition coefficient (Wildman–Crippen LogP) is 10.3. The van der Waals surface area contributed by atoms with Gasteiger partial charge in [0.15, 0.2) is 5.78 Å². The summed E-state index contributed by atoms with van der Waals surface area (Å²) in [5.74, 6) is -0.0625. The third kappa shape index (κ3) is 8.10. The average Bonchev–Trinajstić information content (AvgIpc) is 3.75. The summed E-state index contributed by atoms with van der Waals surface area (Å²) in [4.78, 5) is 31.0. The number of carbonyl (C=O) groups excluding carboxylic acids is 1. The maximum Gasteiger partial charge on any atom is 0.155 e. The van der Waals surface area contributed by atoms with Crippen LogP contribution < -0.4 is 9.97 Å². The largest absolute Gasteiger partial charge is 0.657 e. The zero-order valence-electron chi connectivity index (χ0n) is 30.5. The Hall–Kier alpha value is -2.90. The summed E-state index contributed by atoms with van der Waals surface area (Å²) in [6.45, 7) is 20.8. The van der Waals surface area contributed by atoms with Gasteiger partial charge in [0.05, 0.1) is 28.5 Å². The fourth-order valence-electron chi connectivity index (χ4n) is 7.22. The zero-order chi connectivity index (χ0) is 34.4. The number of aryl methyl sites for hydroxylation is 4. The number of nitrogens with zero attached hydrogens (tertiary/aromatic N) is 4. The van der Waals surface area contributed by atoms with Crippen molar-refractivity contribution in [2.45, 2.75) is 121 Å². The minimum absolute atomic E-state index is 0. The fraction of sp³-hybridized carbons (Fsp3) is 0.439. The number of fused-ring (bicyclic) bond motifs is 8. The van der Waals surface area contributed by atoms with E-state index in [-0.39, 0.29) is 50.2 Å². The molecule has 2 aliphatic rings. The van der Waals surface area contributed by atoms with Crippen molar-refractivity contribution in [3.05, 3.63) is 81.1 Å². The molecule has 0 saturated carbocycles. The van der Waals surface area contributed by atoms with Gasteiger partial charge in [-0.1, -0.05) is 102 Å². The van der Waals surface area contributed by atoms with Crippen LogP contribution in [0.15, 0.2) is 36.1 Å². The quantitative estimate of drug-likeness (QED) is 0.171. The minimum Gasteiger partial charge on any atom is -0.657 e. The van der Waals surface area contributed by atoms with Gasteiger partial charge in [-0.15, -0.1) is 22.1 Å². The van der Waals surface area contributed by atoms with Gasteiger partial charge < -0.3 is 15.1 Å². The third-order valence-corrected chi connectivity index (χ3v) is 9.23. The van der Waals surface area contributed by atoms with Crippen LogP contribution in [0.4, 0.5) is 0 Å². The van der Waals surface area contributed by atoms with Crippen LogP contribution in [0.2, 0.25) is 0 Å². The van der Waals surface area contributed by atoms with Crippen LogP contribution in [0.3, 0.4) is 0 Å². The first-order chi connectivity index (χ1) is 22.6. The molecule has 0 aliphatic carbocycles. The van der Waals surface area contributed by atoms with Crippen molar-refractivity contribution in [3.63, 3.8) is 0 Å². The Labute approximate surface area is 318 Å². The second-order valence-electron chi connectivity index (χ2n) is 12.2. The summed E-state index contributed by atoms with van der Waals surface area (Å²) in [6, 6.07) is 8.98. The van der Waals surface area contributed by atoms with Gasteiger partial charge in [-0.25, -0.2) is 9.97 Å². The van der Waals surface area contributed by atoms with E-state index in [4.69, 9.17) is 25.0 Å². The molecule has 0 amide bonds. The molecule has 7 heteroatoms. The first-order valence-electron chi connectivity index (χ1n) is 17.6. The Kier molecular flexibility index (Phi) is 14.5. The van der Waals surface area contributed by atoms with Crippen molar-refractivity contribution in [1.29, 1.82) is 0 Å². The number of rotatable bonds is 9. The number of aliphatic hydroxyl groups excluding tert-OH is 1. The van der Waals surface area contributed by atoms with E-state index in [1.807, 2.05) is 0 Å². The molecule has 0 fully saturated rings. The summed E-state index contributed by atoms with van der Waals surface area (Å²) < 4.78 is 0. The molecular formula is C41H52N4O2Tb-2. The second-order valence-corrected chi connectivity index (χ2v) is 12.2. The van der Waals surface area contributed by atoms with Crippen molar-refractivity contribution in [2.24, 2.45) is 0 Å². The first kappa shape index (κ1) is 39.5. The molecule has 8 bridgehead atoms. The molecule has 0 saturated heterocycles. The molecule has 6 nitrogen and oxygen atoms in total. The van der Waals surface area contributed by atoms with E-state index in [2.05, 4.69) is 79.7 Å². The van der Waals surface area contributed by atoms with Crippen LogP contribution in [-0.4, -0.2) is 20.9 Å². The Morgan fingerprint density at radius 3 is 0.938 bits per heavy atom. The van der Waals surface area contributed by atoms with Gasteiger partial charge in [-0.05, 0) is 87.5 Å². The number of ketones is 1. The van der Waals surface area contributed by atoms with Crippen LogP contribution >= 0.6 is 0 Å². The monoisotopic (exact) mass is 791 g/mol. The Morgan fingerprint density at radius 2 is 0.792 bits per heavy atom. The molecule has 2 aliphatic heterocycles. The van der Waals surface area contributed by atoms with E-state index < -0.39 is 0 Å². The number of aliphatic hydroxyl groups is 1. The van der Waals surface area contributed by atoms with E-state index in [0.717, 1.165) is 96.2 Å². The summed E-state index contributed by atoms with van der Waals surface area (Å²) >= 11 is 0. The molecule has 259 valence electrons. The summed E-state index contributed by atoms with van der Waals surface area (Å²) in [6.07, 6.45) is 8.77. The number of hydrogen-bond acceptors (Lipinski definition) is 4. The summed E-state index contributed by atoms with van der Waals surface area (Å²) in [5, 5.41) is 8.36. The first-order valence-corrected chi connectivity index (χ1v) is 17.6. The molecule has 0 unspecified atom stereocenters. The van der Waals surface area contributed by atoms with Crippen LogP contribution in [0.1, 0.15) is 140 Å². The third-order valence-electron chi connectivity index (χ3n) is 9.23. The second kappa shape index (κ2) is 17.7. The van der Waals surface area contributed by atoms with Crippen molar-refractivity contribution in [2.75, 3.05) is 0 Å². The average molecular weight is 792 g/mol. The topological polar surface area (TPSA) is 91.3 Å². The van der Waals surface area contributed by atoms with E-state index in [1.165, 1.54) is 64.5 Å². The standard InChI is InChI=1S/C36H44N4.C5H8O2.Tb/c1-9-21-22(10-2)30-18-32-25(13-5)26(14-6)34(39-32)20-36-28(16-8)27(15-7)35(40-36)19-33-24(12-4)23(11-3)31(38-33)17-29(21)37-30;1-4(6)3-5(2)7;/h17-20H,9-16H2,1-8H3;3,6H,1-2H3;/q-2;;/b;4-3-;. The SMILES string of the molecule is CC(=O)/C=C(/C)O.CCC1=C(CC)c2cc3[n-]c(cc4nc(cc5[n-]c(cc1n2)c(CC)c5CC)C(CC)=C4CC)c(CC)c3CC.[Tb]. The smallest absolute Gasteiger partial charge is 0.155 e. The van der Waals surface area contributed by atoms with Crippen molar-refractivity contribution < 1.29 is 48.5 Å². The van der Waals surface area contributed by atoms with E-state index in [1.54, 1.807) is 0 Å². The van der Waals surface area contributed by atoms with Crippen LogP contribution in [0.5, 0.6) is 0 Å². The number of hydrogen-bond donors (Lipinski definition) is 1. The Bertz CT molecular complexity index is 1680. The van der Waals surface area contributed by atoms with Gasteiger partial charge in [-0.3, -0.25) is 4.79 Å². The van der Waals surface area contributed by atoms with Gasteiger partial charge in [0.2, 0.25) is 0 Å². The van der Waals surface area contributed by atoms with Gasteiger partial charge in [0, 0.05) is 44.7 Å². The van der Waals surface area contributed by atoms with Crippen molar-refractivity contribution in [3.8, 4) is 0 Å². The number of aromatic nitrogens is 4. The molecule has 1 radical (unpaired) electrons. The number of allylic oxidation sites excluding steroid dienone is 6. The molecule has 1 N–H and O–H groups in total. The molecular weight excluding hydrogens is 739 g/mol. The molecule has 0 atom stereocenters. The summed E-state index contributed by atoms with van der Waals surface area (Å²) in [5.41, 5.74) is 19.1. The van der Waals surface area contributed by atoms with Gasteiger partial charge >= 0.3 is 0 Å². The molecule has 48 heavy (non-hydrogen) atoms. The summed E-state index contributed by atoms with van der Waals surface area (Å²) in [7, 11) is 0. The van der Waals surface area contributed by atoms with Gasteiger partial charge in [-0.2, -0.15) is 0 Å². The van der Waals surface area contributed by atoms with Crippen LogP contribution in [0.25, 0.3) is 44.4 Å². The molecule has 0 spiro atoms. The van der Waals surface area contributed by atoms with Crippen LogP contribution in [0, 0.1) is 38.6 Å². The minimum atomic E-state index is -0.125. The fourth-order valence-corrected chi connectivity index (χ4v) is 7.22. The normalized spacial score (nSPS) is 13.0. The predicted molar refractivity (Wildman–Crippen MR) is 198 cm³/mol. The molecule has 3 aromatic heterocycles. The Balaban J connectivity index is 0.000000706. The van der Waals surface area contributed by atoms with Gasteiger partial charge in [0.25, 0.3) is 0 Å². The van der Waals surface area contributed by atoms with Crippen molar-refractivity contribution in [1.82, 2.24) is 19.9 Å². The Morgan fingerprint density at radius 1 is 0.542 bits per heavy atom. The maximum atomic E-state index is 10.0. The van der Waals surface area contributed by atoms with E-state index in [0.29, 0.717) is 0 Å². The molecule has 5 rings (SSSR count). The molecule has 3 aromatic rings.